The molecule has 4 heteroatoms. The molecule has 0 atom stereocenters. The van der Waals surface area contributed by atoms with Crippen LogP contribution < -0.4 is 0 Å². The van der Waals surface area contributed by atoms with Gasteiger partial charge in [-0.25, -0.2) is 0 Å². The normalized spacial score (nSPS) is 10.7. The Morgan fingerprint density at radius 2 is 1.89 bits per heavy atom. The fourth-order valence-electron chi connectivity index (χ4n) is 1.78. The molecule has 0 spiro atoms. The van der Waals surface area contributed by atoms with Gasteiger partial charge in [-0.1, -0.05) is 23.7 Å². The molecule has 0 saturated carbocycles. The van der Waals surface area contributed by atoms with E-state index in [2.05, 4.69) is 0 Å². The van der Waals surface area contributed by atoms with Gasteiger partial charge in [-0.3, -0.25) is 4.79 Å². The number of carbonyl (C=O) groups is 1. The molecule has 0 fully saturated rings. The van der Waals surface area contributed by atoms with Gasteiger partial charge >= 0.3 is 0 Å². The molecular formula is C14H19Cl2NO. The van der Waals surface area contributed by atoms with E-state index in [0.29, 0.717) is 23.9 Å². The molecule has 0 bridgehead atoms. The van der Waals surface area contributed by atoms with E-state index in [0.717, 1.165) is 12.0 Å². The molecule has 0 unspecified atom stereocenters. The zero-order valence-electron chi connectivity index (χ0n) is 10.8. The first-order valence-electron chi connectivity index (χ1n) is 6.14. The monoisotopic (exact) mass is 287 g/mol. The summed E-state index contributed by atoms with van der Waals surface area (Å²) in [5.41, 5.74) is 0.987. The van der Waals surface area contributed by atoms with E-state index in [-0.39, 0.29) is 11.9 Å². The van der Waals surface area contributed by atoms with Gasteiger partial charge < -0.3 is 4.90 Å². The lowest BCUT2D eigenvalue weighted by atomic mass is 10.1. The molecule has 0 saturated heterocycles. The number of carbonyl (C=O) groups excluding carboxylic acids is 1. The fraction of sp³-hybridized carbons (Fsp3) is 0.500. The van der Waals surface area contributed by atoms with E-state index in [4.69, 9.17) is 23.2 Å². The summed E-state index contributed by atoms with van der Waals surface area (Å²) in [5.74, 6) is 0.717. The second kappa shape index (κ2) is 7.65. The summed E-state index contributed by atoms with van der Waals surface area (Å²) in [4.78, 5) is 14.1. The quantitative estimate of drug-likeness (QED) is 0.730. The van der Waals surface area contributed by atoms with Crippen molar-refractivity contribution in [3.05, 3.63) is 34.9 Å². The highest BCUT2D eigenvalue weighted by molar-refractivity contribution is 6.30. The molecule has 0 aliphatic rings. The van der Waals surface area contributed by atoms with Crippen LogP contribution in [0.15, 0.2) is 24.3 Å². The van der Waals surface area contributed by atoms with Crippen LogP contribution in [0.4, 0.5) is 0 Å². The lowest BCUT2D eigenvalue weighted by Crippen LogP contribution is -2.38. The van der Waals surface area contributed by atoms with Crippen LogP contribution >= 0.6 is 23.2 Å². The highest BCUT2D eigenvalue weighted by Crippen LogP contribution is 2.12. The maximum absolute atomic E-state index is 12.2. The number of amides is 1. The number of benzene rings is 1. The van der Waals surface area contributed by atoms with Crippen LogP contribution in [-0.2, 0) is 11.2 Å². The van der Waals surface area contributed by atoms with Gasteiger partial charge in [-0.15, -0.1) is 11.6 Å². The predicted octanol–water partition coefficient (Wildman–Crippen LogP) is 3.75. The first-order valence-corrected chi connectivity index (χ1v) is 7.05. The SMILES string of the molecule is CC(C)N(CCCCl)C(=O)Cc1ccc(Cl)cc1. The second-order valence-electron chi connectivity index (χ2n) is 4.53. The summed E-state index contributed by atoms with van der Waals surface area (Å²) >= 11 is 11.5. The molecule has 1 aromatic carbocycles. The summed E-state index contributed by atoms with van der Waals surface area (Å²) in [7, 11) is 0. The van der Waals surface area contributed by atoms with Crippen molar-refractivity contribution in [2.75, 3.05) is 12.4 Å². The molecule has 1 aromatic rings. The van der Waals surface area contributed by atoms with E-state index in [1.54, 1.807) is 0 Å². The third-order valence-electron chi connectivity index (χ3n) is 2.74. The Morgan fingerprint density at radius 3 is 2.39 bits per heavy atom. The van der Waals surface area contributed by atoms with Crippen LogP contribution in [0.1, 0.15) is 25.8 Å². The predicted molar refractivity (Wildman–Crippen MR) is 77.3 cm³/mol. The van der Waals surface area contributed by atoms with Gasteiger partial charge in [0.1, 0.15) is 0 Å². The first-order chi connectivity index (χ1) is 8.54. The number of alkyl halides is 1. The van der Waals surface area contributed by atoms with E-state index >= 15 is 0 Å². The highest BCUT2D eigenvalue weighted by Gasteiger charge is 2.16. The number of halogens is 2. The van der Waals surface area contributed by atoms with Crippen molar-refractivity contribution in [1.82, 2.24) is 4.90 Å². The summed E-state index contributed by atoms with van der Waals surface area (Å²) in [5, 5.41) is 0.689. The van der Waals surface area contributed by atoms with Crippen LogP contribution in [0.2, 0.25) is 5.02 Å². The van der Waals surface area contributed by atoms with Gasteiger partial charge in [0.05, 0.1) is 6.42 Å². The molecule has 18 heavy (non-hydrogen) atoms. The Kier molecular flexibility index (Phi) is 6.51. The Hall–Kier alpha value is -0.730. The highest BCUT2D eigenvalue weighted by atomic mass is 35.5. The fourth-order valence-corrected chi connectivity index (χ4v) is 2.02. The van der Waals surface area contributed by atoms with E-state index < -0.39 is 0 Å². The number of nitrogens with zero attached hydrogens (tertiary/aromatic N) is 1. The average Bonchev–Trinajstić information content (AvgIpc) is 2.32. The van der Waals surface area contributed by atoms with Crippen LogP contribution in [0.3, 0.4) is 0 Å². The molecular weight excluding hydrogens is 269 g/mol. The van der Waals surface area contributed by atoms with Crippen molar-refractivity contribution >= 4 is 29.1 Å². The van der Waals surface area contributed by atoms with Gasteiger partial charge in [0.2, 0.25) is 5.91 Å². The third-order valence-corrected chi connectivity index (χ3v) is 3.26. The van der Waals surface area contributed by atoms with Crippen LogP contribution in [0.25, 0.3) is 0 Å². The topological polar surface area (TPSA) is 20.3 Å². The first kappa shape index (κ1) is 15.3. The minimum atomic E-state index is 0.137. The summed E-state index contributed by atoms with van der Waals surface area (Å²) in [6.45, 7) is 4.76. The number of rotatable bonds is 6. The van der Waals surface area contributed by atoms with Crippen molar-refractivity contribution in [3.8, 4) is 0 Å². The van der Waals surface area contributed by atoms with Crippen LogP contribution in [0.5, 0.6) is 0 Å². The average molecular weight is 288 g/mol. The molecule has 1 rings (SSSR count). The molecule has 1 amide bonds. The Labute approximate surface area is 119 Å². The molecule has 0 aromatic heterocycles. The Bertz CT molecular complexity index is 376. The van der Waals surface area contributed by atoms with Gasteiger partial charge in [0, 0.05) is 23.5 Å². The maximum Gasteiger partial charge on any atom is 0.227 e. The molecule has 0 aliphatic heterocycles. The van der Waals surface area contributed by atoms with Crippen molar-refractivity contribution in [2.45, 2.75) is 32.7 Å². The Balaban J connectivity index is 2.63. The van der Waals surface area contributed by atoms with Gasteiger partial charge in [-0.2, -0.15) is 0 Å². The van der Waals surface area contributed by atoms with Crippen LogP contribution in [-0.4, -0.2) is 29.3 Å². The van der Waals surface area contributed by atoms with Crippen molar-refractivity contribution in [3.63, 3.8) is 0 Å². The minimum absolute atomic E-state index is 0.137. The maximum atomic E-state index is 12.2. The zero-order chi connectivity index (χ0) is 13.5. The summed E-state index contributed by atoms with van der Waals surface area (Å²) in [6.07, 6.45) is 1.24. The van der Waals surface area contributed by atoms with Crippen molar-refractivity contribution < 1.29 is 4.79 Å². The van der Waals surface area contributed by atoms with E-state index in [9.17, 15) is 4.79 Å². The largest absolute Gasteiger partial charge is 0.340 e. The van der Waals surface area contributed by atoms with Crippen molar-refractivity contribution in [1.29, 1.82) is 0 Å². The van der Waals surface area contributed by atoms with E-state index in [1.165, 1.54) is 0 Å². The van der Waals surface area contributed by atoms with E-state index in [1.807, 2.05) is 43.0 Å². The molecule has 0 heterocycles. The third kappa shape index (κ3) is 4.87. The van der Waals surface area contributed by atoms with Gasteiger partial charge in [0.25, 0.3) is 0 Å². The van der Waals surface area contributed by atoms with Gasteiger partial charge in [0.15, 0.2) is 0 Å². The summed E-state index contributed by atoms with van der Waals surface area (Å²) < 4.78 is 0. The van der Waals surface area contributed by atoms with Crippen LogP contribution in [0, 0.1) is 0 Å². The lowest BCUT2D eigenvalue weighted by molar-refractivity contribution is -0.132. The lowest BCUT2D eigenvalue weighted by Gasteiger charge is -2.26. The van der Waals surface area contributed by atoms with Gasteiger partial charge in [-0.05, 0) is 38.0 Å². The Morgan fingerprint density at radius 1 is 1.28 bits per heavy atom. The number of hydrogen-bond donors (Lipinski definition) is 0. The second-order valence-corrected chi connectivity index (χ2v) is 5.34. The minimum Gasteiger partial charge on any atom is -0.340 e. The standard InChI is InChI=1S/C14H19Cl2NO/c1-11(2)17(9-3-8-15)14(18)10-12-4-6-13(16)7-5-12/h4-7,11H,3,8-10H2,1-2H3. The molecule has 0 aliphatic carbocycles. The zero-order valence-corrected chi connectivity index (χ0v) is 12.3. The molecule has 100 valence electrons. The van der Waals surface area contributed by atoms with Crippen molar-refractivity contribution in [2.24, 2.45) is 0 Å². The summed E-state index contributed by atoms with van der Waals surface area (Å²) in [6, 6.07) is 7.60. The molecule has 0 N–H and O–H groups in total. The number of hydrogen-bond acceptors (Lipinski definition) is 1. The molecule has 0 radical (unpaired) electrons. The smallest absolute Gasteiger partial charge is 0.227 e. The molecule has 2 nitrogen and oxygen atoms in total.